The first kappa shape index (κ1) is 13.2. The van der Waals surface area contributed by atoms with Gasteiger partial charge in [-0.05, 0) is 53.4 Å². The smallest absolute Gasteiger partial charge is 0.139 e. The molecule has 1 aromatic carbocycles. The first-order valence-corrected chi connectivity index (χ1v) is 6.69. The van der Waals surface area contributed by atoms with Gasteiger partial charge < -0.3 is 15.7 Å². The molecule has 18 heavy (non-hydrogen) atoms. The summed E-state index contributed by atoms with van der Waals surface area (Å²) in [5.74, 6) is 1.12. The maximum absolute atomic E-state index is 8.60. The van der Waals surface area contributed by atoms with Gasteiger partial charge in [0.15, 0.2) is 0 Å². The Morgan fingerprint density at radius 1 is 1.56 bits per heavy atom. The standard InChI is InChI=1S/C13H17BrN2O2/c1-9-2-3-11(10(14)6-9)18-8-13(4-5-13)7-12(15)16-17/h2-3,6,17H,4-5,7-8H2,1H3,(H2,15,16). The number of hydrogen-bond acceptors (Lipinski definition) is 3. The number of amidine groups is 1. The van der Waals surface area contributed by atoms with Gasteiger partial charge in [-0.25, -0.2) is 0 Å². The molecule has 98 valence electrons. The zero-order valence-electron chi connectivity index (χ0n) is 10.3. The number of oxime groups is 1. The topological polar surface area (TPSA) is 67.8 Å². The second-order valence-electron chi connectivity index (χ2n) is 4.99. The van der Waals surface area contributed by atoms with Crippen molar-refractivity contribution in [3.63, 3.8) is 0 Å². The highest BCUT2D eigenvalue weighted by Gasteiger charge is 2.44. The van der Waals surface area contributed by atoms with Crippen LogP contribution in [0.5, 0.6) is 5.75 Å². The van der Waals surface area contributed by atoms with E-state index in [4.69, 9.17) is 15.7 Å². The summed E-state index contributed by atoms with van der Waals surface area (Å²) in [6.45, 7) is 2.64. The van der Waals surface area contributed by atoms with Gasteiger partial charge in [0.05, 0.1) is 11.1 Å². The highest BCUT2D eigenvalue weighted by Crippen LogP contribution is 2.49. The molecule has 2 rings (SSSR count). The first-order valence-electron chi connectivity index (χ1n) is 5.90. The number of aryl methyl sites for hydroxylation is 1. The van der Waals surface area contributed by atoms with Crippen LogP contribution in [0, 0.1) is 12.3 Å². The van der Waals surface area contributed by atoms with Crippen LogP contribution in [0.3, 0.4) is 0 Å². The fourth-order valence-electron chi connectivity index (χ4n) is 1.92. The molecule has 0 aromatic heterocycles. The lowest BCUT2D eigenvalue weighted by molar-refractivity contribution is 0.235. The molecule has 4 nitrogen and oxygen atoms in total. The second kappa shape index (κ2) is 5.18. The lowest BCUT2D eigenvalue weighted by atomic mass is 10.0. The minimum atomic E-state index is 0.0562. The molecule has 0 unspecified atom stereocenters. The number of hydrogen-bond donors (Lipinski definition) is 2. The van der Waals surface area contributed by atoms with Gasteiger partial charge in [0, 0.05) is 11.8 Å². The van der Waals surface area contributed by atoms with E-state index in [1.54, 1.807) is 0 Å². The van der Waals surface area contributed by atoms with Crippen LogP contribution < -0.4 is 10.5 Å². The Morgan fingerprint density at radius 3 is 2.83 bits per heavy atom. The maximum Gasteiger partial charge on any atom is 0.139 e. The van der Waals surface area contributed by atoms with Crippen molar-refractivity contribution in [2.24, 2.45) is 16.3 Å². The van der Waals surface area contributed by atoms with Crippen molar-refractivity contribution in [3.05, 3.63) is 28.2 Å². The number of nitrogens with zero attached hydrogens (tertiary/aromatic N) is 1. The minimum Gasteiger partial charge on any atom is -0.492 e. The van der Waals surface area contributed by atoms with Crippen molar-refractivity contribution in [2.45, 2.75) is 26.2 Å². The summed E-state index contributed by atoms with van der Waals surface area (Å²) < 4.78 is 6.79. The molecule has 1 saturated carbocycles. The van der Waals surface area contributed by atoms with E-state index in [0.29, 0.717) is 13.0 Å². The zero-order chi connectivity index (χ0) is 13.2. The van der Waals surface area contributed by atoms with Gasteiger partial charge in [-0.2, -0.15) is 0 Å². The average Bonchev–Trinajstić information content (AvgIpc) is 3.08. The van der Waals surface area contributed by atoms with Gasteiger partial charge in [-0.1, -0.05) is 11.2 Å². The maximum atomic E-state index is 8.60. The molecule has 5 heteroatoms. The molecule has 0 aliphatic heterocycles. The lowest BCUT2D eigenvalue weighted by Crippen LogP contribution is -2.22. The number of nitrogens with two attached hydrogens (primary N) is 1. The normalized spacial score (nSPS) is 17.6. The van der Waals surface area contributed by atoms with Gasteiger partial charge >= 0.3 is 0 Å². The van der Waals surface area contributed by atoms with Gasteiger partial charge in [-0.15, -0.1) is 0 Å². The molecule has 0 atom stereocenters. The first-order chi connectivity index (χ1) is 8.54. The number of halogens is 1. The molecule has 0 radical (unpaired) electrons. The van der Waals surface area contributed by atoms with E-state index < -0.39 is 0 Å². The van der Waals surface area contributed by atoms with Crippen LogP contribution in [0.1, 0.15) is 24.8 Å². The molecular formula is C13H17BrN2O2. The SMILES string of the molecule is Cc1ccc(OCC2(CC(N)=NO)CC2)c(Br)c1. The van der Waals surface area contributed by atoms with E-state index in [-0.39, 0.29) is 11.3 Å². The monoisotopic (exact) mass is 312 g/mol. The Hall–Kier alpha value is -1.23. The van der Waals surface area contributed by atoms with Gasteiger partial charge in [0.1, 0.15) is 11.6 Å². The van der Waals surface area contributed by atoms with Crippen molar-refractivity contribution < 1.29 is 9.94 Å². The summed E-state index contributed by atoms with van der Waals surface area (Å²) in [5.41, 5.74) is 6.80. The Bertz CT molecular complexity index is 470. The molecule has 1 aliphatic rings. The van der Waals surface area contributed by atoms with E-state index in [0.717, 1.165) is 23.1 Å². The Balaban J connectivity index is 1.95. The van der Waals surface area contributed by atoms with Crippen LogP contribution in [0.15, 0.2) is 27.8 Å². The molecule has 1 aromatic rings. The average molecular weight is 313 g/mol. The van der Waals surface area contributed by atoms with E-state index in [1.165, 1.54) is 5.56 Å². The predicted octanol–water partition coefficient (Wildman–Crippen LogP) is 3.05. The van der Waals surface area contributed by atoms with Gasteiger partial charge in [0.2, 0.25) is 0 Å². The Kier molecular flexibility index (Phi) is 3.80. The number of benzene rings is 1. The van der Waals surface area contributed by atoms with Crippen LogP contribution in [0.4, 0.5) is 0 Å². The second-order valence-corrected chi connectivity index (χ2v) is 5.85. The van der Waals surface area contributed by atoms with E-state index >= 15 is 0 Å². The van der Waals surface area contributed by atoms with Gasteiger partial charge in [0.25, 0.3) is 0 Å². The van der Waals surface area contributed by atoms with Crippen LogP contribution in [-0.4, -0.2) is 17.6 Å². The lowest BCUT2D eigenvalue weighted by Gasteiger charge is -2.16. The summed E-state index contributed by atoms with van der Waals surface area (Å²) in [5, 5.41) is 11.6. The molecule has 0 amide bonds. The fraction of sp³-hybridized carbons (Fsp3) is 0.462. The van der Waals surface area contributed by atoms with E-state index in [9.17, 15) is 0 Å². The third-order valence-corrected chi connectivity index (χ3v) is 3.88. The Morgan fingerprint density at radius 2 is 2.28 bits per heavy atom. The molecule has 0 heterocycles. The summed E-state index contributed by atoms with van der Waals surface area (Å²) in [4.78, 5) is 0. The molecule has 1 aliphatic carbocycles. The highest BCUT2D eigenvalue weighted by molar-refractivity contribution is 9.10. The van der Waals surface area contributed by atoms with E-state index in [1.807, 2.05) is 25.1 Å². The van der Waals surface area contributed by atoms with Crippen LogP contribution >= 0.6 is 15.9 Å². The molecule has 0 saturated heterocycles. The molecule has 0 spiro atoms. The van der Waals surface area contributed by atoms with Crippen LogP contribution in [-0.2, 0) is 0 Å². The third-order valence-electron chi connectivity index (χ3n) is 3.26. The van der Waals surface area contributed by atoms with Crippen molar-refractivity contribution in [1.29, 1.82) is 0 Å². The van der Waals surface area contributed by atoms with Crippen LogP contribution in [0.2, 0.25) is 0 Å². The van der Waals surface area contributed by atoms with Gasteiger partial charge in [-0.3, -0.25) is 0 Å². The molecular weight excluding hydrogens is 296 g/mol. The summed E-state index contributed by atoms with van der Waals surface area (Å²) in [6.07, 6.45) is 2.71. The number of ether oxygens (including phenoxy) is 1. The minimum absolute atomic E-state index is 0.0562. The Labute approximate surface area is 115 Å². The van der Waals surface area contributed by atoms with E-state index in [2.05, 4.69) is 21.1 Å². The fourth-order valence-corrected chi connectivity index (χ4v) is 2.53. The molecule has 1 fully saturated rings. The molecule has 3 N–H and O–H groups in total. The largest absolute Gasteiger partial charge is 0.492 e. The van der Waals surface area contributed by atoms with Crippen LogP contribution in [0.25, 0.3) is 0 Å². The summed E-state index contributed by atoms with van der Waals surface area (Å²) in [7, 11) is 0. The third kappa shape index (κ3) is 3.16. The quantitative estimate of drug-likeness (QED) is 0.380. The number of rotatable bonds is 5. The van der Waals surface area contributed by atoms with Crippen molar-refractivity contribution in [2.75, 3.05) is 6.61 Å². The predicted molar refractivity (Wildman–Crippen MR) is 74.1 cm³/mol. The highest BCUT2D eigenvalue weighted by atomic mass is 79.9. The van der Waals surface area contributed by atoms with Crippen molar-refractivity contribution in [1.82, 2.24) is 0 Å². The zero-order valence-corrected chi connectivity index (χ0v) is 11.9. The molecule has 0 bridgehead atoms. The summed E-state index contributed by atoms with van der Waals surface area (Å²) in [6, 6.07) is 6.00. The van der Waals surface area contributed by atoms with Crippen molar-refractivity contribution in [3.8, 4) is 5.75 Å². The van der Waals surface area contributed by atoms with Crippen molar-refractivity contribution >= 4 is 21.8 Å². The summed E-state index contributed by atoms with van der Waals surface area (Å²) >= 11 is 3.49.